The summed E-state index contributed by atoms with van der Waals surface area (Å²) in [6.45, 7) is 0.649. The quantitative estimate of drug-likeness (QED) is 0.496. The Balaban J connectivity index is 1.27. The summed E-state index contributed by atoms with van der Waals surface area (Å²) in [4.78, 5) is 17.2. The summed E-state index contributed by atoms with van der Waals surface area (Å²) >= 11 is 1.56. The summed E-state index contributed by atoms with van der Waals surface area (Å²) in [5.74, 6) is 1.06. The third-order valence-corrected chi connectivity index (χ3v) is 7.42. The molecule has 0 fully saturated rings. The number of fused-ring (bicyclic) bond motifs is 2. The Morgan fingerprint density at radius 3 is 2.84 bits per heavy atom. The summed E-state index contributed by atoms with van der Waals surface area (Å²) in [5.41, 5.74) is 2.92. The molecule has 0 aliphatic carbocycles. The maximum atomic E-state index is 12.6. The van der Waals surface area contributed by atoms with Crippen molar-refractivity contribution in [3.63, 3.8) is 0 Å². The van der Waals surface area contributed by atoms with E-state index in [1.807, 2.05) is 36.4 Å². The molecule has 0 saturated carbocycles. The largest absolute Gasteiger partial charge is 0.457 e. The van der Waals surface area contributed by atoms with Crippen LogP contribution in [-0.4, -0.2) is 32.1 Å². The van der Waals surface area contributed by atoms with Gasteiger partial charge in [-0.1, -0.05) is 12.1 Å². The molecule has 0 spiro atoms. The fourth-order valence-electron chi connectivity index (χ4n) is 3.69. The lowest BCUT2D eigenvalue weighted by molar-refractivity contribution is 0.0948. The van der Waals surface area contributed by atoms with Crippen molar-refractivity contribution in [2.75, 3.05) is 17.1 Å². The van der Waals surface area contributed by atoms with E-state index >= 15 is 0 Å². The van der Waals surface area contributed by atoms with E-state index in [9.17, 15) is 13.2 Å². The normalized spacial score (nSPS) is 13.5. The zero-order chi connectivity index (χ0) is 21.6. The van der Waals surface area contributed by atoms with Crippen molar-refractivity contribution in [2.45, 2.75) is 13.0 Å². The number of rotatable bonds is 5. The Bertz CT molecular complexity index is 1370. The van der Waals surface area contributed by atoms with Crippen molar-refractivity contribution in [1.29, 1.82) is 0 Å². The van der Waals surface area contributed by atoms with Crippen molar-refractivity contribution in [1.82, 2.24) is 10.3 Å². The molecule has 2 aromatic heterocycles. The summed E-state index contributed by atoms with van der Waals surface area (Å²) in [6, 6.07) is 16.7. The smallest absolute Gasteiger partial charge is 0.251 e. The predicted octanol–water partition coefficient (Wildman–Crippen LogP) is 3.81. The van der Waals surface area contributed by atoms with E-state index in [-0.39, 0.29) is 12.5 Å². The van der Waals surface area contributed by atoms with Gasteiger partial charge in [-0.25, -0.2) is 13.4 Å². The number of sulfonamides is 1. The molecule has 4 aromatic rings. The lowest BCUT2D eigenvalue weighted by atomic mass is 10.1. The van der Waals surface area contributed by atoms with Crippen LogP contribution in [0.3, 0.4) is 0 Å². The van der Waals surface area contributed by atoms with E-state index in [1.165, 1.54) is 10.6 Å². The van der Waals surface area contributed by atoms with Gasteiger partial charge >= 0.3 is 0 Å². The number of benzene rings is 2. The van der Waals surface area contributed by atoms with Gasteiger partial charge < -0.3 is 9.73 Å². The maximum Gasteiger partial charge on any atom is 0.251 e. The topological polar surface area (TPSA) is 92.5 Å². The molecule has 2 aromatic carbocycles. The summed E-state index contributed by atoms with van der Waals surface area (Å²) in [6.07, 6.45) is 1.78. The zero-order valence-electron chi connectivity index (χ0n) is 16.7. The standard InChI is InChI=1S/C22H19N3O4S2/c1-31(27,28)25-11-10-14-12-15(6-8-18(14)25)21(26)23-13-16-7-9-19(29-16)22-24-17-4-2-3-5-20(17)30-22/h2-9,12H,10-11,13H2,1H3,(H,23,26). The average Bonchev–Trinajstić information content (AvgIpc) is 3.48. The van der Waals surface area contributed by atoms with Gasteiger partial charge in [0.15, 0.2) is 10.8 Å². The van der Waals surface area contributed by atoms with Crippen LogP contribution in [0.25, 0.3) is 21.0 Å². The first-order valence-corrected chi connectivity index (χ1v) is 12.4. The number of carbonyl (C=O) groups is 1. The second-order valence-electron chi connectivity index (χ2n) is 7.36. The van der Waals surface area contributed by atoms with Gasteiger partial charge in [-0.15, -0.1) is 11.3 Å². The van der Waals surface area contributed by atoms with Crippen LogP contribution < -0.4 is 9.62 Å². The van der Waals surface area contributed by atoms with Crippen LogP contribution in [-0.2, 0) is 23.0 Å². The Kier molecular flexibility index (Phi) is 4.79. The van der Waals surface area contributed by atoms with Gasteiger partial charge in [-0.3, -0.25) is 9.10 Å². The fourth-order valence-corrected chi connectivity index (χ4v) is 5.58. The number of hydrogen-bond acceptors (Lipinski definition) is 6. The Morgan fingerprint density at radius 2 is 2.03 bits per heavy atom. The molecular formula is C22H19N3O4S2. The molecule has 1 aliphatic rings. The highest BCUT2D eigenvalue weighted by Crippen LogP contribution is 2.32. The number of anilines is 1. The minimum absolute atomic E-state index is 0.237. The number of thiazole rings is 1. The van der Waals surface area contributed by atoms with Crippen molar-refractivity contribution in [2.24, 2.45) is 0 Å². The van der Waals surface area contributed by atoms with Crippen LogP contribution in [0.1, 0.15) is 21.7 Å². The van der Waals surface area contributed by atoms with E-state index in [4.69, 9.17) is 4.42 Å². The van der Waals surface area contributed by atoms with Crippen LogP contribution in [0.2, 0.25) is 0 Å². The number of hydrogen-bond donors (Lipinski definition) is 1. The summed E-state index contributed by atoms with van der Waals surface area (Å²) in [5, 5.41) is 3.66. The molecule has 0 saturated heterocycles. The molecule has 7 nitrogen and oxygen atoms in total. The molecule has 1 amide bonds. The van der Waals surface area contributed by atoms with Crippen LogP contribution >= 0.6 is 11.3 Å². The van der Waals surface area contributed by atoms with Gasteiger partial charge in [-0.2, -0.15) is 0 Å². The molecule has 0 bridgehead atoms. The van der Waals surface area contributed by atoms with E-state index in [0.29, 0.717) is 35.7 Å². The first-order valence-electron chi connectivity index (χ1n) is 9.72. The third-order valence-electron chi connectivity index (χ3n) is 5.18. The van der Waals surface area contributed by atoms with Gasteiger partial charge in [0.1, 0.15) is 5.76 Å². The van der Waals surface area contributed by atoms with Crippen LogP contribution in [0.5, 0.6) is 0 Å². The number of furan rings is 1. The molecule has 1 aliphatic heterocycles. The minimum atomic E-state index is -3.31. The molecule has 158 valence electrons. The fraction of sp³-hybridized carbons (Fsp3) is 0.182. The molecule has 0 radical (unpaired) electrons. The van der Waals surface area contributed by atoms with Gasteiger partial charge in [-0.05, 0) is 54.4 Å². The second kappa shape index (κ2) is 7.51. The number of nitrogens with zero attached hydrogens (tertiary/aromatic N) is 2. The van der Waals surface area contributed by atoms with Crippen LogP contribution in [0, 0.1) is 0 Å². The van der Waals surface area contributed by atoms with Crippen LogP contribution in [0.4, 0.5) is 5.69 Å². The predicted molar refractivity (Wildman–Crippen MR) is 121 cm³/mol. The van der Waals surface area contributed by atoms with Crippen molar-refractivity contribution >= 4 is 43.2 Å². The summed E-state index contributed by atoms with van der Waals surface area (Å²) in [7, 11) is -3.31. The molecule has 9 heteroatoms. The molecule has 0 atom stereocenters. The molecule has 3 heterocycles. The van der Waals surface area contributed by atoms with E-state index < -0.39 is 10.0 Å². The van der Waals surface area contributed by atoms with E-state index in [2.05, 4.69) is 10.3 Å². The van der Waals surface area contributed by atoms with Crippen molar-refractivity contribution in [3.8, 4) is 10.8 Å². The van der Waals surface area contributed by atoms with E-state index in [0.717, 1.165) is 20.8 Å². The first kappa shape index (κ1) is 19.8. The highest BCUT2D eigenvalue weighted by molar-refractivity contribution is 7.92. The first-order chi connectivity index (χ1) is 14.9. The highest BCUT2D eigenvalue weighted by atomic mass is 32.2. The van der Waals surface area contributed by atoms with Crippen molar-refractivity contribution in [3.05, 3.63) is 71.5 Å². The lowest BCUT2D eigenvalue weighted by Crippen LogP contribution is -2.27. The molecular weight excluding hydrogens is 434 g/mol. The van der Waals surface area contributed by atoms with Gasteiger partial charge in [0.2, 0.25) is 10.0 Å². The SMILES string of the molecule is CS(=O)(=O)N1CCc2cc(C(=O)NCc3ccc(-c4nc5ccccc5s4)o3)ccc21. The third kappa shape index (κ3) is 3.82. The van der Waals surface area contributed by atoms with Gasteiger partial charge in [0, 0.05) is 12.1 Å². The Hall–Kier alpha value is -3.17. The number of aromatic nitrogens is 1. The Labute approximate surface area is 183 Å². The highest BCUT2D eigenvalue weighted by Gasteiger charge is 2.26. The van der Waals surface area contributed by atoms with Gasteiger partial charge in [0.05, 0.1) is 28.7 Å². The van der Waals surface area contributed by atoms with Gasteiger partial charge in [0.25, 0.3) is 5.91 Å². The van der Waals surface area contributed by atoms with Crippen molar-refractivity contribution < 1.29 is 17.6 Å². The molecule has 1 N–H and O–H groups in total. The lowest BCUT2D eigenvalue weighted by Gasteiger charge is -2.16. The zero-order valence-corrected chi connectivity index (χ0v) is 18.3. The molecule has 31 heavy (non-hydrogen) atoms. The monoisotopic (exact) mass is 453 g/mol. The summed E-state index contributed by atoms with van der Waals surface area (Å²) < 4.78 is 32.1. The molecule has 5 rings (SSSR count). The minimum Gasteiger partial charge on any atom is -0.457 e. The molecule has 0 unspecified atom stereocenters. The average molecular weight is 454 g/mol. The number of carbonyl (C=O) groups excluding carboxylic acids is 1. The van der Waals surface area contributed by atoms with Crippen LogP contribution in [0.15, 0.2) is 59.0 Å². The second-order valence-corrected chi connectivity index (χ2v) is 10.3. The Morgan fingerprint density at radius 1 is 1.19 bits per heavy atom. The van der Waals surface area contributed by atoms with E-state index in [1.54, 1.807) is 29.5 Å². The number of para-hydroxylation sites is 1. The maximum absolute atomic E-state index is 12.6. The number of amides is 1. The number of nitrogens with one attached hydrogen (secondary N) is 1.